The van der Waals surface area contributed by atoms with Gasteiger partial charge < -0.3 is 20.7 Å². The van der Waals surface area contributed by atoms with Crippen molar-refractivity contribution in [2.75, 3.05) is 32.8 Å². The summed E-state index contributed by atoms with van der Waals surface area (Å²) in [5.74, 6) is -3.62. The summed E-state index contributed by atoms with van der Waals surface area (Å²) in [5.41, 5.74) is 3.83. The Bertz CT molecular complexity index is 1510. The number of fused-ring (bicyclic) bond motifs is 1. The fourth-order valence-corrected chi connectivity index (χ4v) is 11.9. The summed E-state index contributed by atoms with van der Waals surface area (Å²) in [6.45, 7) is 17.1. The summed E-state index contributed by atoms with van der Waals surface area (Å²) in [7, 11) is 0. The first-order valence-electron chi connectivity index (χ1n) is 21.6. The Morgan fingerprint density at radius 3 is 1.98 bits per heavy atom. The smallest absolute Gasteiger partial charge is 0.285 e. The number of ether oxygens (including phenoxy) is 1. The minimum atomic E-state index is -1.01. The molecule has 3 N–H and O–H groups in total. The molecular formula is C44H70N4O7. The first-order chi connectivity index (χ1) is 25.8. The number of hydrogen-bond acceptors (Lipinski definition) is 8. The van der Waals surface area contributed by atoms with Crippen molar-refractivity contribution in [2.24, 2.45) is 51.1 Å². The van der Waals surface area contributed by atoms with Crippen molar-refractivity contribution < 1.29 is 33.5 Å². The predicted octanol–water partition coefficient (Wildman–Crippen LogP) is 5.40. The van der Waals surface area contributed by atoms with Gasteiger partial charge in [-0.25, -0.2) is 0 Å². The van der Waals surface area contributed by atoms with Crippen LogP contribution in [0.2, 0.25) is 0 Å². The van der Waals surface area contributed by atoms with Crippen molar-refractivity contribution in [1.29, 1.82) is 0 Å². The number of amides is 3. The highest BCUT2D eigenvalue weighted by molar-refractivity contribution is 6.36. The number of carbonyl (C=O) groups is 6. The van der Waals surface area contributed by atoms with Crippen molar-refractivity contribution in [3.05, 3.63) is 0 Å². The number of likely N-dealkylation sites (tertiary alicyclic amines) is 1. The standard InChI is InChI=1S/C44H70N4O7/c1-40(2,3)31(25-34(50)35(29-15-9-8-10-16-29)46-39(54)41(4,5)47-19-21-55-22-20-47)38(53)48-27-44(42(6,7)43(44)17-12-18-43)26-32(48)33(49)24-30(36(51)37(45)52)23-28-13-11-14-28/h28-32,35H,8-27H2,1-7H3,(H2,45,52)(H,46,54)/t30?,31-,32+,35+,44-/m1/s1. The van der Waals surface area contributed by atoms with Crippen LogP contribution < -0.4 is 11.1 Å². The topological polar surface area (TPSA) is 156 Å². The molecule has 5 atom stereocenters. The molecule has 11 heteroatoms. The fraction of sp³-hybridized carbons (Fsp3) is 0.864. The molecule has 308 valence electrons. The first-order valence-corrected chi connectivity index (χ1v) is 21.6. The number of primary amides is 1. The van der Waals surface area contributed by atoms with E-state index < -0.39 is 46.6 Å². The molecule has 4 saturated carbocycles. The maximum absolute atomic E-state index is 15.2. The zero-order valence-electron chi connectivity index (χ0n) is 34.9. The second-order valence-electron chi connectivity index (χ2n) is 20.6. The van der Waals surface area contributed by atoms with Gasteiger partial charge in [0, 0.05) is 49.7 Å². The number of morpholine rings is 1. The van der Waals surface area contributed by atoms with Gasteiger partial charge in [0.2, 0.25) is 17.6 Å². The van der Waals surface area contributed by atoms with Crippen molar-refractivity contribution in [1.82, 2.24) is 15.1 Å². The molecule has 2 heterocycles. The van der Waals surface area contributed by atoms with Crippen molar-refractivity contribution >= 4 is 35.1 Å². The Hall–Kier alpha value is -2.66. The molecule has 4 aliphatic carbocycles. The number of nitrogens with two attached hydrogens (primary N) is 1. The third-order valence-corrected chi connectivity index (χ3v) is 16.2. The van der Waals surface area contributed by atoms with Gasteiger partial charge in [-0.15, -0.1) is 0 Å². The maximum Gasteiger partial charge on any atom is 0.285 e. The molecule has 6 fully saturated rings. The van der Waals surface area contributed by atoms with E-state index in [2.05, 4.69) is 24.1 Å². The average Bonchev–Trinajstić information content (AvgIpc) is 3.31. The Balaban J connectivity index is 1.27. The number of carbonyl (C=O) groups excluding carboxylic acids is 6. The third kappa shape index (κ3) is 7.59. The quantitative estimate of drug-likeness (QED) is 0.210. The minimum Gasteiger partial charge on any atom is -0.379 e. The van der Waals surface area contributed by atoms with Crippen LogP contribution >= 0.6 is 0 Å². The molecule has 1 unspecified atom stereocenters. The highest BCUT2D eigenvalue weighted by atomic mass is 16.5. The number of nitrogens with one attached hydrogen (secondary N) is 1. The SMILES string of the molecule is CC(C)(C)[C@H](CC(=O)[C@@H](NC(=O)C(C)(C)N1CCOCC1)C1CCCCC1)C(=O)N1C[C@]2(C[C@H]1C(=O)CC(CC1CCC1)C(=O)C(N)=O)C(C)(C)C21CCC1. The van der Waals surface area contributed by atoms with Gasteiger partial charge in [-0.1, -0.05) is 79.6 Å². The Labute approximate surface area is 329 Å². The molecule has 11 nitrogen and oxygen atoms in total. The summed E-state index contributed by atoms with van der Waals surface area (Å²) in [4.78, 5) is 87.7. The van der Waals surface area contributed by atoms with E-state index in [4.69, 9.17) is 10.5 Å². The Morgan fingerprint density at radius 1 is 0.836 bits per heavy atom. The molecule has 0 radical (unpaired) electrons. The van der Waals surface area contributed by atoms with Gasteiger partial charge in [0.25, 0.3) is 5.91 Å². The van der Waals surface area contributed by atoms with Gasteiger partial charge in [-0.05, 0) is 80.5 Å². The van der Waals surface area contributed by atoms with E-state index in [-0.39, 0.29) is 58.4 Å². The minimum absolute atomic E-state index is 0.00748. The zero-order chi connectivity index (χ0) is 40.1. The molecule has 0 aromatic carbocycles. The fourth-order valence-electron chi connectivity index (χ4n) is 11.9. The Morgan fingerprint density at radius 2 is 1.47 bits per heavy atom. The highest BCUT2D eigenvalue weighted by Crippen LogP contribution is 2.88. The molecular weight excluding hydrogens is 697 g/mol. The van der Waals surface area contributed by atoms with E-state index in [1.54, 1.807) is 4.90 Å². The summed E-state index contributed by atoms with van der Waals surface area (Å²) < 4.78 is 5.54. The van der Waals surface area contributed by atoms with Crippen molar-refractivity contribution in [3.8, 4) is 0 Å². The van der Waals surface area contributed by atoms with E-state index >= 15 is 4.79 Å². The molecule has 2 spiro atoms. The van der Waals surface area contributed by atoms with Crippen LogP contribution in [0.3, 0.4) is 0 Å². The zero-order valence-corrected chi connectivity index (χ0v) is 34.9. The first kappa shape index (κ1) is 42.0. The van der Waals surface area contributed by atoms with Crippen LogP contribution in [0.25, 0.3) is 0 Å². The predicted molar refractivity (Wildman–Crippen MR) is 209 cm³/mol. The van der Waals surface area contributed by atoms with Gasteiger partial charge >= 0.3 is 0 Å². The monoisotopic (exact) mass is 767 g/mol. The van der Waals surface area contributed by atoms with E-state index in [1.165, 1.54) is 0 Å². The molecule has 0 aromatic heterocycles. The normalized spacial score (nSPS) is 28.5. The molecule has 6 rings (SSSR count). The third-order valence-electron chi connectivity index (χ3n) is 16.2. The van der Waals surface area contributed by atoms with Crippen LogP contribution in [0.4, 0.5) is 0 Å². The number of nitrogens with zero attached hydrogens (tertiary/aromatic N) is 2. The summed E-state index contributed by atoms with van der Waals surface area (Å²) in [6.07, 6.45) is 11.9. The second kappa shape index (κ2) is 15.6. The van der Waals surface area contributed by atoms with Gasteiger partial charge in [-0.3, -0.25) is 33.7 Å². The van der Waals surface area contributed by atoms with Gasteiger partial charge in [0.15, 0.2) is 11.6 Å². The summed E-state index contributed by atoms with van der Waals surface area (Å²) in [5, 5.41) is 3.22. The highest BCUT2D eigenvalue weighted by Gasteiger charge is 2.85. The number of hydrogen-bond donors (Lipinski definition) is 2. The van der Waals surface area contributed by atoms with Gasteiger partial charge in [0.05, 0.1) is 30.8 Å². The number of Topliss-reactive ketones (excluding diaryl/α,β-unsaturated/α-hetero) is 3. The van der Waals surface area contributed by atoms with Gasteiger partial charge in [0.1, 0.15) is 0 Å². The van der Waals surface area contributed by atoms with Crippen LogP contribution in [0.1, 0.15) is 145 Å². The van der Waals surface area contributed by atoms with Crippen LogP contribution in [0, 0.1) is 45.3 Å². The molecule has 3 amide bonds. The lowest BCUT2D eigenvalue weighted by Crippen LogP contribution is -2.61. The average molecular weight is 767 g/mol. The molecule has 6 aliphatic rings. The summed E-state index contributed by atoms with van der Waals surface area (Å²) >= 11 is 0. The molecule has 2 saturated heterocycles. The summed E-state index contributed by atoms with van der Waals surface area (Å²) in [6, 6.07) is -1.44. The van der Waals surface area contributed by atoms with Crippen molar-refractivity contribution in [3.63, 3.8) is 0 Å². The van der Waals surface area contributed by atoms with Crippen LogP contribution in [0.5, 0.6) is 0 Å². The maximum atomic E-state index is 15.2. The lowest BCUT2D eigenvalue weighted by molar-refractivity contribution is -0.147. The lowest BCUT2D eigenvalue weighted by Gasteiger charge is -2.41. The van der Waals surface area contributed by atoms with E-state index in [9.17, 15) is 24.0 Å². The van der Waals surface area contributed by atoms with Crippen LogP contribution in [0.15, 0.2) is 0 Å². The van der Waals surface area contributed by atoms with Crippen LogP contribution in [-0.4, -0.2) is 95.3 Å². The molecule has 0 bridgehead atoms. The molecule has 0 aromatic rings. The van der Waals surface area contributed by atoms with E-state index in [0.29, 0.717) is 51.6 Å². The number of ketones is 3. The van der Waals surface area contributed by atoms with Gasteiger partial charge in [-0.2, -0.15) is 0 Å². The van der Waals surface area contributed by atoms with Crippen molar-refractivity contribution in [2.45, 2.75) is 162 Å². The largest absolute Gasteiger partial charge is 0.379 e. The number of rotatable bonds is 15. The molecule has 2 aliphatic heterocycles. The van der Waals surface area contributed by atoms with E-state index in [0.717, 1.165) is 70.6 Å². The van der Waals surface area contributed by atoms with E-state index in [1.807, 2.05) is 34.6 Å². The second-order valence-corrected chi connectivity index (χ2v) is 20.6. The Kier molecular flexibility index (Phi) is 11.9. The van der Waals surface area contributed by atoms with Crippen LogP contribution in [-0.2, 0) is 33.5 Å². The molecule has 55 heavy (non-hydrogen) atoms. The lowest BCUT2D eigenvalue weighted by atomic mass is 9.73.